The standard InChI is InChI=1S/C13H17ClN4O3/c1-8-6-9(16-12(19)13(20)17-15)7-10(14)11(8)18-2-4-21-5-3-18/h6-7H,2-5,15H2,1H3,(H,16,19)(H,17,20). The Labute approximate surface area is 127 Å². The van der Waals surface area contributed by atoms with Gasteiger partial charge in [0.05, 0.1) is 23.9 Å². The second kappa shape index (κ2) is 6.75. The number of hydrazine groups is 1. The van der Waals surface area contributed by atoms with Gasteiger partial charge in [0.25, 0.3) is 0 Å². The molecule has 1 aliphatic heterocycles. The monoisotopic (exact) mass is 312 g/mol. The third-order valence-electron chi connectivity index (χ3n) is 3.18. The first kappa shape index (κ1) is 15.6. The van der Waals surface area contributed by atoms with Crippen molar-refractivity contribution < 1.29 is 14.3 Å². The van der Waals surface area contributed by atoms with Crippen LogP contribution in [0.4, 0.5) is 11.4 Å². The van der Waals surface area contributed by atoms with E-state index >= 15 is 0 Å². The number of halogens is 1. The minimum absolute atomic E-state index is 0.447. The molecule has 0 radical (unpaired) electrons. The van der Waals surface area contributed by atoms with Crippen LogP contribution in [0.25, 0.3) is 0 Å². The second-order valence-corrected chi connectivity index (χ2v) is 5.06. The first-order valence-electron chi connectivity index (χ1n) is 6.47. The van der Waals surface area contributed by atoms with E-state index in [4.69, 9.17) is 22.2 Å². The molecule has 114 valence electrons. The Bertz CT molecular complexity index is 535. The average molecular weight is 313 g/mol. The normalized spacial score (nSPS) is 14.7. The zero-order valence-electron chi connectivity index (χ0n) is 11.6. The number of nitrogens with two attached hydrogens (primary N) is 1. The highest BCUT2D eigenvalue weighted by molar-refractivity contribution is 6.40. The van der Waals surface area contributed by atoms with Gasteiger partial charge in [0.1, 0.15) is 0 Å². The van der Waals surface area contributed by atoms with Gasteiger partial charge in [-0.2, -0.15) is 0 Å². The molecule has 1 aromatic carbocycles. The average Bonchev–Trinajstić information content (AvgIpc) is 2.46. The van der Waals surface area contributed by atoms with E-state index in [9.17, 15) is 9.59 Å². The van der Waals surface area contributed by atoms with E-state index in [1.54, 1.807) is 17.6 Å². The van der Waals surface area contributed by atoms with E-state index in [0.717, 1.165) is 24.3 Å². The van der Waals surface area contributed by atoms with E-state index in [0.29, 0.717) is 23.9 Å². The molecule has 1 fully saturated rings. The molecule has 4 N–H and O–H groups in total. The van der Waals surface area contributed by atoms with Crippen molar-refractivity contribution in [3.8, 4) is 0 Å². The number of hydrogen-bond acceptors (Lipinski definition) is 5. The number of hydrogen-bond donors (Lipinski definition) is 3. The molecule has 0 atom stereocenters. The Morgan fingerprint density at radius 2 is 1.95 bits per heavy atom. The van der Waals surface area contributed by atoms with Crippen molar-refractivity contribution in [1.82, 2.24) is 5.43 Å². The number of ether oxygens (including phenoxy) is 1. The quantitative estimate of drug-likeness (QED) is 0.318. The van der Waals surface area contributed by atoms with Crippen LogP contribution in [-0.2, 0) is 14.3 Å². The van der Waals surface area contributed by atoms with Gasteiger partial charge in [0.15, 0.2) is 0 Å². The first-order valence-corrected chi connectivity index (χ1v) is 6.85. The van der Waals surface area contributed by atoms with Crippen LogP contribution in [0.15, 0.2) is 12.1 Å². The topological polar surface area (TPSA) is 96.7 Å². The number of anilines is 2. The maximum Gasteiger partial charge on any atom is 0.323 e. The van der Waals surface area contributed by atoms with Gasteiger partial charge in [-0.1, -0.05) is 11.6 Å². The lowest BCUT2D eigenvalue weighted by Gasteiger charge is -2.31. The summed E-state index contributed by atoms with van der Waals surface area (Å²) < 4.78 is 5.32. The van der Waals surface area contributed by atoms with Crippen LogP contribution < -0.4 is 21.5 Å². The van der Waals surface area contributed by atoms with Crippen LogP contribution in [0.2, 0.25) is 5.02 Å². The molecule has 2 amide bonds. The summed E-state index contributed by atoms with van der Waals surface area (Å²) in [5, 5.41) is 2.96. The number of aryl methyl sites for hydroxylation is 1. The fourth-order valence-corrected chi connectivity index (χ4v) is 2.64. The lowest BCUT2D eigenvalue weighted by Crippen LogP contribution is -2.39. The lowest BCUT2D eigenvalue weighted by molar-refractivity contribution is -0.136. The molecule has 1 saturated heterocycles. The molecule has 1 aromatic rings. The molecule has 8 heteroatoms. The second-order valence-electron chi connectivity index (χ2n) is 4.65. The van der Waals surface area contributed by atoms with E-state index in [1.807, 2.05) is 6.92 Å². The fraction of sp³-hybridized carbons (Fsp3) is 0.385. The molecular formula is C13H17ClN4O3. The van der Waals surface area contributed by atoms with Crippen LogP contribution in [-0.4, -0.2) is 38.1 Å². The predicted octanol–water partition coefficient (Wildman–Crippen LogP) is 0.413. The Balaban J connectivity index is 2.20. The van der Waals surface area contributed by atoms with E-state index in [-0.39, 0.29) is 0 Å². The zero-order chi connectivity index (χ0) is 15.4. The Morgan fingerprint density at radius 3 is 2.52 bits per heavy atom. The Kier molecular flexibility index (Phi) is 5.00. The van der Waals surface area contributed by atoms with Crippen molar-refractivity contribution in [2.45, 2.75) is 6.92 Å². The summed E-state index contributed by atoms with van der Waals surface area (Å²) in [6.45, 7) is 4.74. The van der Waals surface area contributed by atoms with Crippen molar-refractivity contribution in [1.29, 1.82) is 0 Å². The molecule has 1 heterocycles. The van der Waals surface area contributed by atoms with Gasteiger partial charge in [0, 0.05) is 18.8 Å². The van der Waals surface area contributed by atoms with E-state index in [2.05, 4.69) is 10.2 Å². The number of carbonyl (C=O) groups is 2. The summed E-state index contributed by atoms with van der Waals surface area (Å²) in [7, 11) is 0. The van der Waals surface area contributed by atoms with E-state index in [1.165, 1.54) is 0 Å². The van der Waals surface area contributed by atoms with Crippen molar-refractivity contribution in [2.75, 3.05) is 36.5 Å². The van der Waals surface area contributed by atoms with Crippen LogP contribution >= 0.6 is 11.6 Å². The lowest BCUT2D eigenvalue weighted by atomic mass is 10.1. The Morgan fingerprint density at radius 1 is 1.29 bits per heavy atom. The predicted molar refractivity (Wildman–Crippen MR) is 80.2 cm³/mol. The van der Waals surface area contributed by atoms with Gasteiger partial charge in [-0.3, -0.25) is 15.0 Å². The molecule has 0 bridgehead atoms. The highest BCUT2D eigenvalue weighted by atomic mass is 35.5. The SMILES string of the molecule is Cc1cc(NC(=O)C(=O)NN)cc(Cl)c1N1CCOCC1. The number of morpholine rings is 1. The van der Waals surface area contributed by atoms with Gasteiger partial charge in [-0.15, -0.1) is 0 Å². The molecular weight excluding hydrogens is 296 g/mol. The summed E-state index contributed by atoms with van der Waals surface area (Å²) >= 11 is 6.31. The molecule has 0 aliphatic carbocycles. The third-order valence-corrected chi connectivity index (χ3v) is 3.46. The number of benzene rings is 1. The summed E-state index contributed by atoms with van der Waals surface area (Å²) in [5.74, 6) is 3.15. The zero-order valence-corrected chi connectivity index (χ0v) is 12.4. The van der Waals surface area contributed by atoms with Gasteiger partial charge in [0.2, 0.25) is 0 Å². The summed E-state index contributed by atoms with van der Waals surface area (Å²) in [6, 6.07) is 3.37. The number of nitrogens with zero attached hydrogens (tertiary/aromatic N) is 1. The summed E-state index contributed by atoms with van der Waals surface area (Å²) in [4.78, 5) is 24.7. The number of carbonyl (C=O) groups excluding carboxylic acids is 2. The van der Waals surface area contributed by atoms with Gasteiger partial charge < -0.3 is 15.0 Å². The third kappa shape index (κ3) is 3.63. The molecule has 0 saturated carbocycles. The molecule has 0 aromatic heterocycles. The molecule has 7 nitrogen and oxygen atoms in total. The van der Waals surface area contributed by atoms with Gasteiger partial charge >= 0.3 is 11.8 Å². The minimum Gasteiger partial charge on any atom is -0.378 e. The number of rotatable bonds is 2. The molecule has 1 aliphatic rings. The maximum atomic E-state index is 11.5. The highest BCUT2D eigenvalue weighted by Gasteiger charge is 2.18. The first-order chi connectivity index (χ1) is 10.0. The minimum atomic E-state index is -0.916. The van der Waals surface area contributed by atoms with Crippen molar-refractivity contribution in [3.63, 3.8) is 0 Å². The molecule has 0 spiro atoms. The van der Waals surface area contributed by atoms with Crippen LogP contribution in [0, 0.1) is 6.92 Å². The smallest absolute Gasteiger partial charge is 0.323 e. The summed E-state index contributed by atoms with van der Waals surface area (Å²) in [6.07, 6.45) is 0. The van der Waals surface area contributed by atoms with Crippen LogP contribution in [0.1, 0.15) is 5.56 Å². The Hall–Kier alpha value is -1.83. The largest absolute Gasteiger partial charge is 0.378 e. The van der Waals surface area contributed by atoms with Crippen LogP contribution in [0.3, 0.4) is 0 Å². The number of amides is 2. The van der Waals surface area contributed by atoms with Crippen molar-refractivity contribution in [2.24, 2.45) is 5.84 Å². The van der Waals surface area contributed by atoms with Gasteiger partial charge in [-0.05, 0) is 24.6 Å². The van der Waals surface area contributed by atoms with E-state index < -0.39 is 11.8 Å². The van der Waals surface area contributed by atoms with Gasteiger partial charge in [-0.25, -0.2) is 5.84 Å². The fourth-order valence-electron chi connectivity index (χ4n) is 2.25. The highest BCUT2D eigenvalue weighted by Crippen LogP contribution is 2.33. The molecule has 2 rings (SSSR count). The number of nitrogens with one attached hydrogen (secondary N) is 2. The van der Waals surface area contributed by atoms with Crippen LogP contribution in [0.5, 0.6) is 0 Å². The molecule has 0 unspecified atom stereocenters. The van der Waals surface area contributed by atoms with Crippen molar-refractivity contribution in [3.05, 3.63) is 22.7 Å². The maximum absolute atomic E-state index is 11.5. The van der Waals surface area contributed by atoms with Crippen molar-refractivity contribution >= 4 is 34.8 Å². The summed E-state index contributed by atoms with van der Waals surface area (Å²) in [5.41, 5.74) is 4.05. The molecule has 21 heavy (non-hydrogen) atoms.